The van der Waals surface area contributed by atoms with Crippen LogP contribution in [0.3, 0.4) is 0 Å². The van der Waals surface area contributed by atoms with Crippen LogP contribution in [-0.4, -0.2) is 35.4 Å². The van der Waals surface area contributed by atoms with Gasteiger partial charge in [0, 0.05) is 29.1 Å². The molecule has 0 saturated heterocycles. The minimum Gasteiger partial charge on any atom is -0.357 e. The zero-order valence-corrected chi connectivity index (χ0v) is 22.1. The monoisotopic (exact) mass is 505 g/mol. The third kappa shape index (κ3) is 8.48. The molecule has 183 valence electrons. The average molecular weight is 506 g/mol. The Kier molecular flexibility index (Phi) is 10.3. The van der Waals surface area contributed by atoms with E-state index >= 15 is 0 Å². The number of thioether (sulfide) groups is 2. The predicted octanol–water partition coefficient (Wildman–Crippen LogP) is 5.73. The fourth-order valence-corrected chi connectivity index (χ4v) is 5.44. The lowest BCUT2D eigenvalue weighted by atomic mass is 10.0. The van der Waals surface area contributed by atoms with E-state index in [0.717, 1.165) is 11.5 Å². The summed E-state index contributed by atoms with van der Waals surface area (Å²) in [7, 11) is 1.60. The molecule has 0 saturated carbocycles. The molecule has 1 unspecified atom stereocenters. The van der Waals surface area contributed by atoms with Crippen LogP contribution in [0.25, 0.3) is 11.1 Å². The summed E-state index contributed by atoms with van der Waals surface area (Å²) < 4.78 is -0.479. The van der Waals surface area contributed by atoms with Gasteiger partial charge in [0.05, 0.1) is 6.42 Å². The van der Waals surface area contributed by atoms with Crippen molar-refractivity contribution in [3.8, 4) is 11.1 Å². The van der Waals surface area contributed by atoms with Crippen molar-refractivity contribution < 1.29 is 9.59 Å². The molecule has 3 aromatic carbocycles. The highest BCUT2D eigenvalue weighted by Gasteiger charge is 2.36. The average Bonchev–Trinajstić information content (AvgIpc) is 2.89. The largest absolute Gasteiger partial charge is 0.357 e. The van der Waals surface area contributed by atoms with Crippen LogP contribution in [0, 0.1) is 6.42 Å². The molecule has 0 heterocycles. The Morgan fingerprint density at radius 3 is 2.03 bits per heavy atom. The first-order valence-electron chi connectivity index (χ1n) is 11.6. The summed E-state index contributed by atoms with van der Waals surface area (Å²) >= 11 is 3.33. The minimum atomic E-state index is -0.638. The maximum absolute atomic E-state index is 12.6. The van der Waals surface area contributed by atoms with Crippen molar-refractivity contribution in [3.05, 3.63) is 102 Å². The lowest BCUT2D eigenvalue weighted by molar-refractivity contribution is -0.127. The first-order valence-corrected chi connectivity index (χ1v) is 13.8. The van der Waals surface area contributed by atoms with E-state index in [4.69, 9.17) is 0 Å². The molecule has 0 fully saturated rings. The molecule has 2 N–H and O–H groups in total. The number of amides is 2. The fraction of sp³-hybridized carbons (Fsp3) is 0.276. The van der Waals surface area contributed by atoms with E-state index in [-0.39, 0.29) is 11.8 Å². The summed E-state index contributed by atoms with van der Waals surface area (Å²) in [5.41, 5.74) is 4.79. The number of nitrogens with one attached hydrogen (secondary N) is 2. The Labute approximate surface area is 217 Å². The second-order valence-corrected chi connectivity index (χ2v) is 11.4. The Balaban J connectivity index is 1.46. The van der Waals surface area contributed by atoms with Crippen LogP contribution in [0.1, 0.15) is 25.0 Å². The number of likely N-dealkylation sites (N-methyl/N-ethyl adjacent to an activating group) is 1. The third-order valence-corrected chi connectivity index (χ3v) is 8.06. The van der Waals surface area contributed by atoms with Crippen molar-refractivity contribution >= 4 is 35.3 Å². The van der Waals surface area contributed by atoms with Crippen LogP contribution in [0.2, 0.25) is 0 Å². The lowest BCUT2D eigenvalue weighted by Gasteiger charge is -2.33. The topological polar surface area (TPSA) is 58.2 Å². The molecule has 2 amide bonds. The van der Waals surface area contributed by atoms with Crippen LogP contribution in [0.5, 0.6) is 0 Å². The molecular weight excluding hydrogens is 472 g/mol. The van der Waals surface area contributed by atoms with E-state index in [1.807, 2.05) is 50.2 Å². The summed E-state index contributed by atoms with van der Waals surface area (Å²) in [4.78, 5) is 25.2. The van der Waals surface area contributed by atoms with Crippen molar-refractivity contribution in [1.29, 1.82) is 0 Å². The molecule has 3 rings (SSSR count). The quantitative estimate of drug-likeness (QED) is 0.309. The molecular formula is C29H33N2O2S2. The maximum Gasteiger partial charge on any atom is 0.243 e. The van der Waals surface area contributed by atoms with Gasteiger partial charge in [-0.3, -0.25) is 9.59 Å². The van der Waals surface area contributed by atoms with Crippen molar-refractivity contribution in [2.45, 2.75) is 36.1 Å². The number of carbonyl (C=O) groups is 2. The van der Waals surface area contributed by atoms with E-state index in [9.17, 15) is 9.59 Å². The zero-order chi connectivity index (χ0) is 25.1. The summed E-state index contributed by atoms with van der Waals surface area (Å²) in [6.07, 6.45) is 1.62. The molecule has 6 heteroatoms. The number of benzene rings is 3. The molecule has 0 aliphatic rings. The second-order valence-electron chi connectivity index (χ2n) is 8.72. The summed E-state index contributed by atoms with van der Waals surface area (Å²) in [5, 5.41) is 5.62. The van der Waals surface area contributed by atoms with Gasteiger partial charge in [0.25, 0.3) is 0 Å². The van der Waals surface area contributed by atoms with E-state index in [1.54, 1.807) is 37.0 Å². The molecule has 0 bridgehead atoms. The van der Waals surface area contributed by atoms with Gasteiger partial charge in [-0.05, 0) is 36.1 Å². The number of hydrogen-bond acceptors (Lipinski definition) is 4. The van der Waals surface area contributed by atoms with Crippen LogP contribution in [-0.2, 0) is 21.1 Å². The predicted molar refractivity (Wildman–Crippen MR) is 150 cm³/mol. The smallest absolute Gasteiger partial charge is 0.243 e. The Morgan fingerprint density at radius 1 is 0.829 bits per heavy atom. The van der Waals surface area contributed by atoms with Crippen LogP contribution >= 0.6 is 23.5 Å². The van der Waals surface area contributed by atoms with Gasteiger partial charge in [-0.2, -0.15) is 11.8 Å². The SMILES string of the molecule is CNC(=O)C(NC(=O)[CH]CSCc1ccc(-c2ccccc2)cc1)C(C)(C)SCc1ccccc1. The molecule has 0 aliphatic heterocycles. The normalized spacial score (nSPS) is 12.1. The number of rotatable bonds is 12. The van der Waals surface area contributed by atoms with Gasteiger partial charge in [-0.15, -0.1) is 11.8 Å². The highest BCUT2D eigenvalue weighted by atomic mass is 32.2. The number of hydrogen-bond donors (Lipinski definition) is 2. The first-order chi connectivity index (χ1) is 16.9. The Hall–Kier alpha value is -2.70. The van der Waals surface area contributed by atoms with Crippen molar-refractivity contribution in [3.63, 3.8) is 0 Å². The second kappa shape index (κ2) is 13.4. The Morgan fingerprint density at radius 2 is 1.40 bits per heavy atom. The summed E-state index contributed by atoms with van der Waals surface area (Å²) in [5.74, 6) is 1.74. The first kappa shape index (κ1) is 26.9. The van der Waals surface area contributed by atoms with Crippen LogP contribution < -0.4 is 10.6 Å². The van der Waals surface area contributed by atoms with E-state index in [0.29, 0.717) is 5.75 Å². The molecule has 35 heavy (non-hydrogen) atoms. The van der Waals surface area contributed by atoms with Gasteiger partial charge in [0.15, 0.2) is 0 Å². The standard InChI is InChI=1S/C29H33N2O2S2/c1-29(2,35-21-22-10-6-4-7-11-22)27(28(33)30-3)31-26(32)18-19-34-20-23-14-16-25(17-15-23)24-12-8-5-9-13-24/h4-18,27H,19-21H2,1-3H3,(H,30,33)(H,31,32). The van der Waals surface area contributed by atoms with Gasteiger partial charge in [-0.25, -0.2) is 0 Å². The van der Waals surface area contributed by atoms with Crippen LogP contribution in [0.15, 0.2) is 84.9 Å². The molecule has 3 aromatic rings. The van der Waals surface area contributed by atoms with Crippen LogP contribution in [0.4, 0.5) is 0 Å². The maximum atomic E-state index is 12.6. The van der Waals surface area contributed by atoms with E-state index < -0.39 is 10.8 Å². The summed E-state index contributed by atoms with van der Waals surface area (Å²) in [6.45, 7) is 3.99. The molecule has 0 spiro atoms. The molecule has 1 atom stereocenters. The van der Waals surface area contributed by atoms with Gasteiger partial charge < -0.3 is 10.6 Å². The van der Waals surface area contributed by atoms with E-state index in [2.05, 4.69) is 59.2 Å². The van der Waals surface area contributed by atoms with Gasteiger partial charge >= 0.3 is 0 Å². The van der Waals surface area contributed by atoms with Gasteiger partial charge in [0.1, 0.15) is 6.04 Å². The van der Waals surface area contributed by atoms with Crippen molar-refractivity contribution in [2.24, 2.45) is 0 Å². The van der Waals surface area contributed by atoms with Gasteiger partial charge in [-0.1, -0.05) is 84.9 Å². The molecule has 0 aliphatic carbocycles. The van der Waals surface area contributed by atoms with E-state index in [1.165, 1.54) is 22.3 Å². The summed E-state index contributed by atoms with van der Waals surface area (Å²) in [6, 6.07) is 28.3. The number of carbonyl (C=O) groups excluding carboxylic acids is 2. The van der Waals surface area contributed by atoms with Crippen molar-refractivity contribution in [2.75, 3.05) is 12.8 Å². The fourth-order valence-electron chi connectivity index (χ4n) is 3.56. The van der Waals surface area contributed by atoms with Crippen molar-refractivity contribution in [1.82, 2.24) is 10.6 Å². The highest BCUT2D eigenvalue weighted by molar-refractivity contribution is 8.00. The zero-order valence-electron chi connectivity index (χ0n) is 20.5. The molecule has 1 radical (unpaired) electrons. The van der Waals surface area contributed by atoms with Gasteiger partial charge in [0.2, 0.25) is 11.8 Å². The minimum absolute atomic E-state index is 0.191. The molecule has 0 aromatic heterocycles. The molecule has 4 nitrogen and oxygen atoms in total. The third-order valence-electron chi connectivity index (χ3n) is 5.66. The Bertz CT molecular complexity index is 1070. The highest BCUT2D eigenvalue weighted by Crippen LogP contribution is 2.31. The lowest BCUT2D eigenvalue weighted by Crippen LogP contribution is -2.56.